The Labute approximate surface area is 154 Å². The predicted molar refractivity (Wildman–Crippen MR) is 93.5 cm³/mol. The van der Waals surface area contributed by atoms with Gasteiger partial charge >= 0.3 is 0 Å². The Morgan fingerprint density at radius 2 is 1.88 bits per heavy atom. The summed E-state index contributed by atoms with van der Waals surface area (Å²) in [4.78, 5) is 24.6. The number of halogens is 2. The molecule has 1 atom stereocenters. The Hall–Kier alpha value is -2.45. The zero-order valence-corrected chi connectivity index (χ0v) is 14.9. The molecule has 1 fully saturated rings. The Bertz CT molecular complexity index is 966. The number of amides is 2. The second kappa shape index (κ2) is 7.05. The Kier molecular flexibility index (Phi) is 4.97. The van der Waals surface area contributed by atoms with Crippen LogP contribution in [0.5, 0.6) is 0 Å². The van der Waals surface area contributed by atoms with Gasteiger partial charge in [0.05, 0.1) is 9.92 Å². The molecular formula is C17H14ClFN2O4S. The molecule has 6 nitrogen and oxygen atoms in total. The minimum atomic E-state index is -4.15. The van der Waals surface area contributed by atoms with Gasteiger partial charge in [0.2, 0.25) is 11.8 Å². The molecule has 2 aromatic carbocycles. The molecule has 2 aromatic rings. The van der Waals surface area contributed by atoms with E-state index >= 15 is 0 Å². The van der Waals surface area contributed by atoms with Gasteiger partial charge in [-0.25, -0.2) is 17.1 Å². The number of hydrogen-bond acceptors (Lipinski definition) is 4. The van der Waals surface area contributed by atoms with Crippen molar-refractivity contribution < 1.29 is 22.4 Å². The van der Waals surface area contributed by atoms with Gasteiger partial charge in [-0.3, -0.25) is 9.59 Å². The molecule has 3 rings (SSSR count). The Morgan fingerprint density at radius 1 is 1.19 bits per heavy atom. The van der Waals surface area contributed by atoms with Crippen LogP contribution < -0.4 is 5.32 Å². The molecule has 0 radical (unpaired) electrons. The fourth-order valence-corrected chi connectivity index (χ4v) is 4.51. The highest BCUT2D eigenvalue weighted by Gasteiger charge is 2.44. The second-order valence-electron chi connectivity index (χ2n) is 5.68. The van der Waals surface area contributed by atoms with Crippen LogP contribution in [0.1, 0.15) is 12.8 Å². The van der Waals surface area contributed by atoms with Crippen LogP contribution in [0.2, 0.25) is 5.02 Å². The summed E-state index contributed by atoms with van der Waals surface area (Å²) in [6.45, 7) is 0. The van der Waals surface area contributed by atoms with Crippen molar-refractivity contribution in [3.05, 3.63) is 59.4 Å². The fraction of sp³-hybridized carbons (Fsp3) is 0.176. The normalized spacial score (nSPS) is 17.4. The molecule has 0 spiro atoms. The molecule has 1 heterocycles. The summed E-state index contributed by atoms with van der Waals surface area (Å²) in [6, 6.07) is 9.82. The average molecular weight is 397 g/mol. The lowest BCUT2D eigenvalue weighted by molar-refractivity contribution is -0.128. The standard InChI is InChI=1S/C17H14ClFN2O4S/c18-13-10-11(6-7-14(13)19)20-17(23)15-8-9-16(22)21(15)26(24,25)12-4-2-1-3-5-12/h1-7,10,15H,8-9H2,(H,20,23)/t15-/m1/s1. The molecule has 1 saturated heterocycles. The molecule has 0 aromatic heterocycles. The van der Waals surface area contributed by atoms with Crippen LogP contribution >= 0.6 is 11.6 Å². The van der Waals surface area contributed by atoms with E-state index in [-0.39, 0.29) is 28.4 Å². The molecule has 2 amide bonds. The molecule has 26 heavy (non-hydrogen) atoms. The number of nitrogens with one attached hydrogen (secondary N) is 1. The third-order valence-corrected chi connectivity index (χ3v) is 6.08. The highest BCUT2D eigenvalue weighted by molar-refractivity contribution is 7.89. The topological polar surface area (TPSA) is 83.6 Å². The van der Waals surface area contributed by atoms with Crippen molar-refractivity contribution in [3.8, 4) is 0 Å². The maximum Gasteiger partial charge on any atom is 0.267 e. The van der Waals surface area contributed by atoms with Crippen LogP contribution in [-0.4, -0.2) is 30.6 Å². The molecule has 136 valence electrons. The van der Waals surface area contributed by atoms with Crippen LogP contribution in [0.4, 0.5) is 10.1 Å². The number of anilines is 1. The summed E-state index contributed by atoms with van der Waals surface area (Å²) < 4.78 is 39.4. The molecule has 0 aliphatic carbocycles. The van der Waals surface area contributed by atoms with Gasteiger partial charge < -0.3 is 5.32 Å². The van der Waals surface area contributed by atoms with Gasteiger partial charge in [0.15, 0.2) is 0 Å². The number of hydrogen-bond donors (Lipinski definition) is 1. The van der Waals surface area contributed by atoms with Gasteiger partial charge in [-0.15, -0.1) is 0 Å². The largest absolute Gasteiger partial charge is 0.324 e. The van der Waals surface area contributed by atoms with E-state index in [1.165, 1.54) is 36.4 Å². The van der Waals surface area contributed by atoms with Gasteiger partial charge in [0.1, 0.15) is 11.9 Å². The average Bonchev–Trinajstić information content (AvgIpc) is 3.01. The first-order valence-electron chi connectivity index (χ1n) is 7.69. The maximum atomic E-state index is 13.2. The minimum Gasteiger partial charge on any atom is -0.324 e. The molecular weight excluding hydrogens is 383 g/mol. The summed E-state index contributed by atoms with van der Waals surface area (Å²) in [5.74, 6) is -1.97. The van der Waals surface area contributed by atoms with E-state index in [1.54, 1.807) is 6.07 Å². The van der Waals surface area contributed by atoms with Crippen LogP contribution in [0, 0.1) is 5.82 Å². The highest BCUT2D eigenvalue weighted by atomic mass is 35.5. The van der Waals surface area contributed by atoms with E-state index < -0.39 is 33.7 Å². The second-order valence-corrected chi connectivity index (χ2v) is 7.90. The van der Waals surface area contributed by atoms with Crippen LogP contribution in [-0.2, 0) is 19.6 Å². The van der Waals surface area contributed by atoms with Crippen molar-refractivity contribution >= 4 is 39.1 Å². The number of carbonyl (C=O) groups is 2. The quantitative estimate of drug-likeness (QED) is 0.861. The molecule has 0 unspecified atom stereocenters. The van der Waals surface area contributed by atoms with E-state index in [4.69, 9.17) is 11.6 Å². The highest BCUT2D eigenvalue weighted by Crippen LogP contribution is 2.28. The molecule has 1 N–H and O–H groups in total. The molecule has 1 aliphatic rings. The zero-order valence-electron chi connectivity index (χ0n) is 13.4. The first kappa shape index (κ1) is 18.3. The van der Waals surface area contributed by atoms with E-state index in [0.717, 1.165) is 6.07 Å². The minimum absolute atomic E-state index is 0.0612. The molecule has 0 bridgehead atoms. The lowest BCUT2D eigenvalue weighted by Gasteiger charge is -2.23. The molecule has 1 aliphatic heterocycles. The van der Waals surface area contributed by atoms with Crippen molar-refractivity contribution in [2.24, 2.45) is 0 Å². The molecule has 9 heteroatoms. The van der Waals surface area contributed by atoms with Crippen LogP contribution in [0.25, 0.3) is 0 Å². The number of rotatable bonds is 4. The van der Waals surface area contributed by atoms with E-state index in [0.29, 0.717) is 4.31 Å². The summed E-state index contributed by atoms with van der Waals surface area (Å²) in [5, 5.41) is 2.30. The van der Waals surface area contributed by atoms with Crippen molar-refractivity contribution in [2.75, 3.05) is 5.32 Å². The third kappa shape index (κ3) is 3.42. The van der Waals surface area contributed by atoms with Crippen molar-refractivity contribution in [1.82, 2.24) is 4.31 Å². The van der Waals surface area contributed by atoms with Crippen molar-refractivity contribution in [1.29, 1.82) is 0 Å². The first-order chi connectivity index (χ1) is 12.3. The monoisotopic (exact) mass is 396 g/mol. The number of carbonyl (C=O) groups excluding carboxylic acids is 2. The first-order valence-corrected chi connectivity index (χ1v) is 9.51. The van der Waals surface area contributed by atoms with E-state index in [1.807, 2.05) is 0 Å². The van der Waals surface area contributed by atoms with Gasteiger partial charge in [-0.05, 0) is 36.8 Å². The van der Waals surface area contributed by atoms with E-state index in [9.17, 15) is 22.4 Å². The predicted octanol–water partition coefficient (Wildman–Crippen LogP) is 2.80. The molecule has 0 saturated carbocycles. The summed E-state index contributed by atoms with van der Waals surface area (Å²) in [5.41, 5.74) is 0.206. The van der Waals surface area contributed by atoms with Crippen LogP contribution in [0.3, 0.4) is 0 Å². The van der Waals surface area contributed by atoms with Gasteiger partial charge in [-0.2, -0.15) is 0 Å². The maximum absolute atomic E-state index is 13.2. The zero-order chi connectivity index (χ0) is 18.9. The van der Waals surface area contributed by atoms with Crippen molar-refractivity contribution in [3.63, 3.8) is 0 Å². The summed E-state index contributed by atoms with van der Waals surface area (Å²) in [6.07, 6.45) is -0.0000185. The lowest BCUT2D eigenvalue weighted by Crippen LogP contribution is -2.45. The van der Waals surface area contributed by atoms with E-state index in [2.05, 4.69) is 5.32 Å². The van der Waals surface area contributed by atoms with Gasteiger partial charge in [0, 0.05) is 12.1 Å². The lowest BCUT2D eigenvalue weighted by atomic mass is 10.2. The summed E-state index contributed by atoms with van der Waals surface area (Å²) >= 11 is 5.67. The number of sulfonamides is 1. The Balaban J connectivity index is 1.87. The van der Waals surface area contributed by atoms with Gasteiger partial charge in [-0.1, -0.05) is 29.8 Å². The van der Waals surface area contributed by atoms with Gasteiger partial charge in [0.25, 0.3) is 10.0 Å². The van der Waals surface area contributed by atoms with Crippen molar-refractivity contribution in [2.45, 2.75) is 23.8 Å². The summed E-state index contributed by atoms with van der Waals surface area (Å²) in [7, 11) is -4.15. The fourth-order valence-electron chi connectivity index (χ4n) is 2.71. The number of nitrogens with zero attached hydrogens (tertiary/aromatic N) is 1. The smallest absolute Gasteiger partial charge is 0.267 e. The third-order valence-electron chi connectivity index (χ3n) is 3.95. The SMILES string of the molecule is O=C(Nc1ccc(F)c(Cl)c1)[C@H]1CCC(=O)N1S(=O)(=O)c1ccccc1. The Morgan fingerprint density at radius 3 is 2.54 bits per heavy atom. The number of benzene rings is 2. The van der Waals surface area contributed by atoms with Crippen LogP contribution in [0.15, 0.2) is 53.4 Å².